The van der Waals surface area contributed by atoms with E-state index in [4.69, 9.17) is 15.8 Å². The molecule has 0 aromatic heterocycles. The van der Waals surface area contributed by atoms with Crippen LogP contribution in [0, 0.1) is 34.0 Å². The molecule has 112 valence electrons. The summed E-state index contributed by atoms with van der Waals surface area (Å²) in [6.45, 7) is 0. The van der Waals surface area contributed by atoms with Crippen LogP contribution in [0.15, 0.2) is 41.6 Å². The topological polar surface area (TPSA) is 127 Å². The van der Waals surface area contributed by atoms with Gasteiger partial charge in [-0.2, -0.15) is 15.8 Å². The molecule has 3 rings (SSSR count). The number of esters is 2. The third kappa shape index (κ3) is 2.12. The Morgan fingerprint density at radius 1 is 0.917 bits per heavy atom. The van der Waals surface area contributed by atoms with Crippen LogP contribution in [0.4, 0.5) is 5.69 Å². The van der Waals surface area contributed by atoms with Crippen LogP contribution in [0.3, 0.4) is 0 Å². The van der Waals surface area contributed by atoms with E-state index in [1.807, 2.05) is 0 Å². The van der Waals surface area contributed by atoms with Gasteiger partial charge in [0.1, 0.15) is 23.9 Å². The minimum Gasteiger partial charge on any atom is -0.386 e. The standard InChI is InChI=1S/C17H6N4O3/c18-6-9(7-19)14(8-20)21-13-5-4-12-15-10(13)2-1-3-11(15)16(22)24-17(12)23/h1-5,21H. The summed E-state index contributed by atoms with van der Waals surface area (Å²) in [5, 5.41) is 30.5. The van der Waals surface area contributed by atoms with E-state index in [0.717, 1.165) is 0 Å². The molecule has 1 aliphatic heterocycles. The van der Waals surface area contributed by atoms with Crippen molar-refractivity contribution in [3.8, 4) is 18.2 Å². The highest BCUT2D eigenvalue weighted by atomic mass is 16.6. The molecule has 0 spiro atoms. The molecule has 0 amide bonds. The van der Waals surface area contributed by atoms with Crippen LogP contribution >= 0.6 is 0 Å². The van der Waals surface area contributed by atoms with Crippen molar-refractivity contribution in [3.63, 3.8) is 0 Å². The summed E-state index contributed by atoms with van der Waals surface area (Å²) in [4.78, 5) is 23.7. The summed E-state index contributed by atoms with van der Waals surface area (Å²) in [5.41, 5.74) is 0.264. The number of cyclic esters (lactones) is 2. The van der Waals surface area contributed by atoms with E-state index in [-0.39, 0.29) is 22.4 Å². The van der Waals surface area contributed by atoms with E-state index in [9.17, 15) is 9.59 Å². The number of nitriles is 3. The van der Waals surface area contributed by atoms with Crippen molar-refractivity contribution in [1.29, 1.82) is 15.8 Å². The first kappa shape index (κ1) is 14.8. The van der Waals surface area contributed by atoms with Crippen molar-refractivity contribution in [2.45, 2.75) is 0 Å². The lowest BCUT2D eigenvalue weighted by molar-refractivity contribution is 0.0391. The Hall–Kier alpha value is -4.15. The minimum atomic E-state index is -0.749. The summed E-state index contributed by atoms with van der Waals surface area (Å²) >= 11 is 0. The van der Waals surface area contributed by atoms with Crippen LogP contribution < -0.4 is 5.32 Å². The number of benzene rings is 2. The van der Waals surface area contributed by atoms with Gasteiger partial charge in [-0.3, -0.25) is 0 Å². The van der Waals surface area contributed by atoms with E-state index < -0.39 is 11.9 Å². The molecule has 24 heavy (non-hydrogen) atoms. The molecule has 0 radical (unpaired) electrons. The van der Waals surface area contributed by atoms with Crippen LogP contribution in [0.1, 0.15) is 20.7 Å². The number of hydrogen-bond donors (Lipinski definition) is 1. The third-order valence-electron chi connectivity index (χ3n) is 3.51. The molecule has 0 bridgehead atoms. The molecular weight excluding hydrogens is 308 g/mol. The van der Waals surface area contributed by atoms with Crippen LogP contribution in [-0.2, 0) is 4.74 Å². The van der Waals surface area contributed by atoms with Gasteiger partial charge in [0, 0.05) is 16.5 Å². The zero-order valence-corrected chi connectivity index (χ0v) is 12.0. The molecule has 1 heterocycles. The molecule has 0 saturated carbocycles. The van der Waals surface area contributed by atoms with Crippen molar-refractivity contribution < 1.29 is 14.3 Å². The summed E-state index contributed by atoms with van der Waals surface area (Å²) in [6, 6.07) is 12.8. The molecule has 2 aromatic carbocycles. The lowest BCUT2D eigenvalue weighted by Crippen LogP contribution is -2.19. The van der Waals surface area contributed by atoms with E-state index >= 15 is 0 Å². The molecule has 1 aliphatic rings. The number of carbonyl (C=O) groups is 2. The number of rotatable bonds is 2. The Morgan fingerprint density at radius 2 is 1.58 bits per heavy atom. The van der Waals surface area contributed by atoms with E-state index in [0.29, 0.717) is 16.5 Å². The van der Waals surface area contributed by atoms with Gasteiger partial charge in [-0.1, -0.05) is 12.1 Å². The number of allylic oxidation sites excluding steroid dienone is 2. The Morgan fingerprint density at radius 3 is 2.21 bits per heavy atom. The van der Waals surface area contributed by atoms with Gasteiger partial charge in [-0.25, -0.2) is 9.59 Å². The zero-order chi connectivity index (χ0) is 17.3. The molecule has 0 fully saturated rings. The van der Waals surface area contributed by atoms with Crippen LogP contribution in [0.25, 0.3) is 10.8 Å². The third-order valence-corrected chi connectivity index (χ3v) is 3.51. The zero-order valence-electron chi connectivity index (χ0n) is 12.0. The maximum absolute atomic E-state index is 11.9. The number of carbonyl (C=O) groups excluding carboxylic acids is 2. The van der Waals surface area contributed by atoms with Crippen LogP contribution in [0.5, 0.6) is 0 Å². The van der Waals surface area contributed by atoms with Crippen LogP contribution in [0.2, 0.25) is 0 Å². The van der Waals surface area contributed by atoms with E-state index in [2.05, 4.69) is 10.1 Å². The first-order valence-electron chi connectivity index (χ1n) is 6.64. The number of nitrogens with zero attached hydrogens (tertiary/aromatic N) is 3. The molecule has 2 aromatic rings. The van der Waals surface area contributed by atoms with Crippen molar-refractivity contribution in [1.82, 2.24) is 0 Å². The van der Waals surface area contributed by atoms with Crippen molar-refractivity contribution in [2.75, 3.05) is 5.32 Å². The highest BCUT2D eigenvalue weighted by Crippen LogP contribution is 2.34. The van der Waals surface area contributed by atoms with Crippen LogP contribution in [-0.4, -0.2) is 11.9 Å². The monoisotopic (exact) mass is 314 g/mol. The number of nitrogens with one attached hydrogen (secondary N) is 1. The molecular formula is C17H6N4O3. The van der Waals surface area contributed by atoms with Gasteiger partial charge in [-0.05, 0) is 18.2 Å². The molecule has 0 aliphatic carbocycles. The van der Waals surface area contributed by atoms with E-state index in [1.165, 1.54) is 18.2 Å². The maximum atomic E-state index is 11.9. The number of anilines is 1. The molecule has 0 saturated heterocycles. The lowest BCUT2D eigenvalue weighted by Gasteiger charge is -2.17. The summed E-state index contributed by atoms with van der Waals surface area (Å²) in [7, 11) is 0. The van der Waals surface area contributed by atoms with Gasteiger partial charge in [0.05, 0.1) is 11.1 Å². The number of ether oxygens (including phenoxy) is 1. The summed E-state index contributed by atoms with van der Waals surface area (Å²) < 4.78 is 4.67. The Bertz CT molecular complexity index is 1040. The SMILES string of the molecule is N#CC(C#N)=C(C#N)Nc1ccc2c3c(cccc13)C(=O)OC2=O. The van der Waals surface area contributed by atoms with Crippen molar-refractivity contribution in [2.24, 2.45) is 0 Å². The average molecular weight is 314 g/mol. The Kier molecular flexibility index (Phi) is 3.43. The summed E-state index contributed by atoms with van der Waals surface area (Å²) in [6.07, 6.45) is 0. The quantitative estimate of drug-likeness (QED) is 0.512. The first-order chi connectivity index (χ1) is 11.6. The second kappa shape index (κ2) is 5.57. The van der Waals surface area contributed by atoms with Gasteiger partial charge in [0.15, 0.2) is 5.57 Å². The van der Waals surface area contributed by atoms with Gasteiger partial charge in [0.25, 0.3) is 0 Å². The normalized spacial score (nSPS) is 11.7. The molecule has 0 unspecified atom stereocenters. The largest absolute Gasteiger partial charge is 0.386 e. The first-order valence-corrected chi connectivity index (χ1v) is 6.64. The van der Waals surface area contributed by atoms with Gasteiger partial charge < -0.3 is 10.1 Å². The highest BCUT2D eigenvalue weighted by molar-refractivity contribution is 6.22. The average Bonchev–Trinajstić information content (AvgIpc) is 2.60. The second-order valence-electron chi connectivity index (χ2n) is 4.78. The smallest absolute Gasteiger partial charge is 0.346 e. The van der Waals surface area contributed by atoms with E-state index in [1.54, 1.807) is 30.3 Å². The maximum Gasteiger partial charge on any atom is 0.346 e. The molecule has 7 heteroatoms. The Balaban J connectivity index is 2.26. The molecule has 1 N–H and O–H groups in total. The lowest BCUT2D eigenvalue weighted by atomic mass is 9.96. The predicted octanol–water partition coefficient (Wildman–Crippen LogP) is 2.39. The van der Waals surface area contributed by atoms with Gasteiger partial charge >= 0.3 is 11.9 Å². The fourth-order valence-electron chi connectivity index (χ4n) is 2.47. The number of hydrogen-bond acceptors (Lipinski definition) is 7. The Labute approximate surface area is 135 Å². The minimum absolute atomic E-state index is 0.217. The molecule has 0 atom stereocenters. The van der Waals surface area contributed by atoms with Crippen molar-refractivity contribution in [3.05, 3.63) is 52.7 Å². The fraction of sp³-hybridized carbons (Fsp3) is 0. The van der Waals surface area contributed by atoms with Crippen molar-refractivity contribution >= 4 is 28.4 Å². The highest BCUT2D eigenvalue weighted by Gasteiger charge is 2.28. The van der Waals surface area contributed by atoms with Gasteiger partial charge in [0.2, 0.25) is 0 Å². The second-order valence-corrected chi connectivity index (χ2v) is 4.78. The fourth-order valence-corrected chi connectivity index (χ4v) is 2.47. The summed E-state index contributed by atoms with van der Waals surface area (Å²) in [5.74, 6) is -1.50. The van der Waals surface area contributed by atoms with Gasteiger partial charge in [-0.15, -0.1) is 0 Å². The predicted molar refractivity (Wildman–Crippen MR) is 81.2 cm³/mol. The molecule has 7 nitrogen and oxygen atoms in total.